The predicted molar refractivity (Wildman–Crippen MR) is 89.7 cm³/mol. The standard InChI is InChI=1S/C16H20N4O4/c1-16(2,3)24-15(23)18-13(14(21)22)6-4-5-11-7-9-12(10-8-11)19-20-17/h4-5,7-10,13H,6H2,1-3H3,(H,18,23)(H,21,22)/t13-/m0/s1. The summed E-state index contributed by atoms with van der Waals surface area (Å²) >= 11 is 0. The second-order valence-electron chi connectivity index (χ2n) is 5.96. The molecule has 0 bridgehead atoms. The zero-order chi connectivity index (χ0) is 18.2. The van der Waals surface area contributed by atoms with Crippen molar-refractivity contribution in [3.8, 4) is 0 Å². The number of benzene rings is 1. The van der Waals surface area contributed by atoms with Crippen LogP contribution in [0.3, 0.4) is 0 Å². The first kappa shape index (κ1) is 19.1. The zero-order valence-electron chi connectivity index (χ0n) is 13.8. The number of amides is 1. The van der Waals surface area contributed by atoms with Gasteiger partial charge in [0.25, 0.3) is 0 Å². The number of nitrogens with zero attached hydrogens (tertiary/aromatic N) is 3. The minimum Gasteiger partial charge on any atom is -0.480 e. The average molecular weight is 332 g/mol. The number of hydrogen-bond acceptors (Lipinski definition) is 4. The number of carbonyl (C=O) groups excluding carboxylic acids is 1. The van der Waals surface area contributed by atoms with E-state index in [0.29, 0.717) is 5.69 Å². The van der Waals surface area contributed by atoms with Crippen LogP contribution >= 0.6 is 0 Å². The molecule has 0 aliphatic carbocycles. The molecule has 2 N–H and O–H groups in total. The number of rotatable bonds is 6. The van der Waals surface area contributed by atoms with Gasteiger partial charge >= 0.3 is 12.1 Å². The van der Waals surface area contributed by atoms with Crippen molar-refractivity contribution in [1.82, 2.24) is 5.32 Å². The quantitative estimate of drug-likeness (QED) is 0.464. The summed E-state index contributed by atoms with van der Waals surface area (Å²) in [6, 6.07) is 5.67. The number of carboxylic acids is 1. The molecule has 1 aromatic rings. The third-order valence-corrected chi connectivity index (χ3v) is 2.72. The van der Waals surface area contributed by atoms with Gasteiger partial charge in [0.15, 0.2) is 0 Å². The molecule has 1 atom stereocenters. The molecule has 0 aromatic heterocycles. The normalized spacial score (nSPS) is 12.3. The molecular weight excluding hydrogens is 312 g/mol. The largest absolute Gasteiger partial charge is 0.480 e. The Bertz CT molecular complexity index is 656. The number of carbonyl (C=O) groups is 2. The SMILES string of the molecule is CC(C)(C)OC(=O)N[C@@H](CC=Cc1ccc(N=[N+]=[N-])cc1)C(=O)O. The van der Waals surface area contributed by atoms with E-state index in [1.807, 2.05) is 0 Å². The van der Waals surface area contributed by atoms with E-state index in [2.05, 4.69) is 15.3 Å². The van der Waals surface area contributed by atoms with E-state index in [9.17, 15) is 9.59 Å². The summed E-state index contributed by atoms with van der Waals surface area (Å²) in [7, 11) is 0. The van der Waals surface area contributed by atoms with Crippen LogP contribution in [0, 0.1) is 0 Å². The van der Waals surface area contributed by atoms with Crippen molar-refractivity contribution >= 4 is 23.8 Å². The van der Waals surface area contributed by atoms with E-state index in [1.54, 1.807) is 57.2 Å². The lowest BCUT2D eigenvalue weighted by molar-refractivity contribution is -0.139. The fraction of sp³-hybridized carbons (Fsp3) is 0.375. The molecule has 24 heavy (non-hydrogen) atoms. The van der Waals surface area contributed by atoms with Crippen LogP contribution in [-0.4, -0.2) is 28.8 Å². The second-order valence-corrected chi connectivity index (χ2v) is 5.96. The van der Waals surface area contributed by atoms with Gasteiger partial charge in [-0.05, 0) is 38.3 Å². The first-order valence-corrected chi connectivity index (χ1v) is 7.25. The summed E-state index contributed by atoms with van der Waals surface area (Å²) in [4.78, 5) is 25.5. The van der Waals surface area contributed by atoms with Crippen molar-refractivity contribution < 1.29 is 19.4 Å². The van der Waals surface area contributed by atoms with E-state index in [1.165, 1.54) is 0 Å². The highest BCUT2D eigenvalue weighted by atomic mass is 16.6. The molecule has 0 saturated heterocycles. The highest BCUT2D eigenvalue weighted by Gasteiger charge is 2.22. The Morgan fingerprint density at radius 3 is 2.50 bits per heavy atom. The Hall–Kier alpha value is -2.99. The Kier molecular flexibility index (Phi) is 6.82. The number of alkyl carbamates (subject to hydrolysis) is 1. The zero-order valence-corrected chi connectivity index (χ0v) is 13.8. The van der Waals surface area contributed by atoms with E-state index in [-0.39, 0.29) is 6.42 Å². The molecule has 0 radical (unpaired) electrons. The monoisotopic (exact) mass is 332 g/mol. The van der Waals surface area contributed by atoms with Crippen molar-refractivity contribution in [3.05, 3.63) is 46.3 Å². The fourth-order valence-electron chi connectivity index (χ4n) is 1.72. The Morgan fingerprint density at radius 1 is 1.38 bits per heavy atom. The lowest BCUT2D eigenvalue weighted by Crippen LogP contribution is -2.43. The van der Waals surface area contributed by atoms with Crippen molar-refractivity contribution in [1.29, 1.82) is 0 Å². The van der Waals surface area contributed by atoms with Gasteiger partial charge < -0.3 is 15.2 Å². The summed E-state index contributed by atoms with van der Waals surface area (Å²) in [6.45, 7) is 5.09. The molecular formula is C16H20N4O4. The summed E-state index contributed by atoms with van der Waals surface area (Å²) in [5, 5.41) is 14.9. The van der Waals surface area contributed by atoms with E-state index < -0.39 is 23.7 Å². The van der Waals surface area contributed by atoms with Gasteiger partial charge in [0.2, 0.25) is 0 Å². The van der Waals surface area contributed by atoms with Crippen molar-refractivity contribution in [2.24, 2.45) is 5.11 Å². The maximum atomic E-state index is 11.6. The van der Waals surface area contributed by atoms with Crippen molar-refractivity contribution in [3.63, 3.8) is 0 Å². The molecule has 0 fully saturated rings. The lowest BCUT2D eigenvalue weighted by atomic mass is 10.1. The van der Waals surface area contributed by atoms with Crippen LogP contribution in [0.4, 0.5) is 10.5 Å². The Balaban J connectivity index is 2.64. The summed E-state index contributed by atoms with van der Waals surface area (Å²) in [6.07, 6.45) is 2.68. The third kappa shape index (κ3) is 7.33. The van der Waals surface area contributed by atoms with Gasteiger partial charge in [-0.15, -0.1) is 0 Å². The molecule has 128 valence electrons. The van der Waals surface area contributed by atoms with Gasteiger partial charge in [-0.1, -0.05) is 41.5 Å². The maximum Gasteiger partial charge on any atom is 0.408 e. The minimum absolute atomic E-state index is 0.104. The molecule has 0 unspecified atom stereocenters. The number of ether oxygens (including phenoxy) is 1. The van der Waals surface area contributed by atoms with Crippen molar-refractivity contribution in [2.45, 2.75) is 38.8 Å². The highest BCUT2D eigenvalue weighted by molar-refractivity contribution is 5.80. The average Bonchev–Trinajstić information content (AvgIpc) is 2.46. The van der Waals surface area contributed by atoms with Crippen LogP contribution in [0.2, 0.25) is 0 Å². The van der Waals surface area contributed by atoms with E-state index >= 15 is 0 Å². The van der Waals surface area contributed by atoms with Crippen LogP contribution in [-0.2, 0) is 9.53 Å². The topological polar surface area (TPSA) is 124 Å². The smallest absolute Gasteiger partial charge is 0.408 e. The van der Waals surface area contributed by atoms with Crippen LogP contribution in [0.1, 0.15) is 32.8 Å². The predicted octanol–water partition coefficient (Wildman–Crippen LogP) is 4.01. The Morgan fingerprint density at radius 2 is 2.00 bits per heavy atom. The summed E-state index contributed by atoms with van der Waals surface area (Å²) in [5.74, 6) is -1.15. The van der Waals surface area contributed by atoms with Crippen LogP contribution in [0.15, 0.2) is 35.5 Å². The minimum atomic E-state index is -1.15. The number of hydrogen-bond donors (Lipinski definition) is 2. The first-order valence-electron chi connectivity index (χ1n) is 7.25. The molecule has 0 heterocycles. The van der Waals surface area contributed by atoms with Crippen LogP contribution < -0.4 is 5.32 Å². The fourth-order valence-corrected chi connectivity index (χ4v) is 1.72. The molecule has 8 heteroatoms. The molecule has 1 rings (SSSR count). The molecule has 8 nitrogen and oxygen atoms in total. The number of carboxylic acid groups (broad SMARTS) is 1. The molecule has 1 amide bonds. The lowest BCUT2D eigenvalue weighted by Gasteiger charge is -2.21. The summed E-state index contributed by atoms with van der Waals surface area (Å²) in [5.41, 5.74) is 8.94. The summed E-state index contributed by atoms with van der Waals surface area (Å²) < 4.78 is 5.04. The van der Waals surface area contributed by atoms with Gasteiger partial charge in [-0.2, -0.15) is 0 Å². The first-order chi connectivity index (χ1) is 11.2. The number of nitrogens with one attached hydrogen (secondary N) is 1. The van der Waals surface area contributed by atoms with E-state index in [4.69, 9.17) is 15.4 Å². The van der Waals surface area contributed by atoms with Gasteiger partial charge in [0.05, 0.1) is 0 Å². The van der Waals surface area contributed by atoms with Crippen LogP contribution in [0.5, 0.6) is 0 Å². The number of azide groups is 1. The van der Waals surface area contributed by atoms with Gasteiger partial charge in [0.1, 0.15) is 11.6 Å². The second kappa shape index (κ2) is 8.59. The molecule has 0 saturated carbocycles. The Labute approximate surface area is 139 Å². The van der Waals surface area contributed by atoms with Crippen molar-refractivity contribution in [2.75, 3.05) is 0 Å². The van der Waals surface area contributed by atoms with Gasteiger partial charge in [-0.25, -0.2) is 9.59 Å². The van der Waals surface area contributed by atoms with Gasteiger partial charge in [0, 0.05) is 10.6 Å². The van der Waals surface area contributed by atoms with Gasteiger partial charge in [-0.3, -0.25) is 0 Å². The maximum absolute atomic E-state index is 11.6. The number of aliphatic carboxylic acids is 1. The third-order valence-electron chi connectivity index (χ3n) is 2.72. The highest BCUT2D eigenvalue weighted by Crippen LogP contribution is 2.14. The molecule has 0 spiro atoms. The molecule has 0 aliphatic heterocycles. The molecule has 0 aliphatic rings. The van der Waals surface area contributed by atoms with Crippen LogP contribution in [0.25, 0.3) is 16.5 Å². The molecule has 1 aromatic carbocycles. The van der Waals surface area contributed by atoms with E-state index in [0.717, 1.165) is 5.56 Å².